The van der Waals surface area contributed by atoms with E-state index in [2.05, 4.69) is 46.7 Å². The van der Waals surface area contributed by atoms with E-state index in [-0.39, 0.29) is 0 Å². The van der Waals surface area contributed by atoms with Crippen LogP contribution in [0.5, 0.6) is 0 Å². The number of fused-ring (bicyclic) bond motifs is 3. The van der Waals surface area contributed by atoms with Crippen molar-refractivity contribution in [1.82, 2.24) is 15.1 Å². The topological polar surface area (TPSA) is 43.1 Å². The minimum atomic E-state index is 0.862. The van der Waals surface area contributed by atoms with E-state index in [9.17, 15) is 0 Å². The molecule has 0 atom stereocenters. The van der Waals surface area contributed by atoms with Crippen molar-refractivity contribution >= 4 is 22.3 Å². The van der Waals surface area contributed by atoms with Crippen LogP contribution in [0.3, 0.4) is 0 Å². The first kappa shape index (κ1) is 12.5. The van der Waals surface area contributed by atoms with E-state index >= 15 is 0 Å². The van der Waals surface area contributed by atoms with E-state index in [1.54, 1.807) is 4.79 Å². The minimum absolute atomic E-state index is 0.862. The smallest absolute Gasteiger partial charge is 0.115 e. The van der Waals surface area contributed by atoms with Crippen molar-refractivity contribution in [3.8, 4) is 0 Å². The third kappa shape index (κ3) is 1.81. The van der Waals surface area contributed by atoms with Crippen LogP contribution in [0.4, 0.5) is 0 Å². The molecule has 0 unspecified atom stereocenters. The molecule has 2 aliphatic carbocycles. The molecule has 110 valence electrons. The zero-order valence-corrected chi connectivity index (χ0v) is 12.5. The van der Waals surface area contributed by atoms with Gasteiger partial charge in [-0.15, -0.1) is 15.0 Å². The number of allylic oxidation sites excluding steroid dienone is 4. The van der Waals surface area contributed by atoms with Gasteiger partial charge < -0.3 is 0 Å². The molecule has 23 heavy (non-hydrogen) atoms. The van der Waals surface area contributed by atoms with E-state index in [0.29, 0.717) is 0 Å². The van der Waals surface area contributed by atoms with Gasteiger partial charge in [0.05, 0.1) is 5.71 Å². The monoisotopic (exact) mass is 298 g/mol. The second-order valence-corrected chi connectivity index (χ2v) is 5.80. The number of aromatic nitrogens is 3. The molecular formula is C19H14N4. The summed E-state index contributed by atoms with van der Waals surface area (Å²) in [4.78, 5) is 1.65. The molecule has 0 radical (unpaired) electrons. The third-order valence-corrected chi connectivity index (χ3v) is 4.46. The van der Waals surface area contributed by atoms with E-state index in [1.165, 1.54) is 22.3 Å². The van der Waals surface area contributed by atoms with Crippen molar-refractivity contribution in [2.45, 2.75) is 12.8 Å². The van der Waals surface area contributed by atoms with Crippen molar-refractivity contribution in [2.75, 3.05) is 0 Å². The maximum atomic E-state index is 4.84. The van der Waals surface area contributed by atoms with Crippen LogP contribution in [-0.2, 0) is 0 Å². The largest absolute Gasteiger partial charge is 0.148 e. The molecule has 4 heteroatoms. The molecule has 1 aromatic heterocycles. The van der Waals surface area contributed by atoms with Crippen LogP contribution in [0.1, 0.15) is 24.0 Å². The summed E-state index contributed by atoms with van der Waals surface area (Å²) < 4.78 is 0. The summed E-state index contributed by atoms with van der Waals surface area (Å²) in [5, 5.41) is 13.2. The normalized spacial score (nSPS) is 17.8. The van der Waals surface area contributed by atoms with Gasteiger partial charge in [0.25, 0.3) is 0 Å². The van der Waals surface area contributed by atoms with Gasteiger partial charge in [0.15, 0.2) is 0 Å². The van der Waals surface area contributed by atoms with Crippen LogP contribution in [0.25, 0.3) is 16.6 Å². The molecule has 0 fully saturated rings. The Hall–Kier alpha value is -3.01. The predicted molar refractivity (Wildman–Crippen MR) is 91.2 cm³/mol. The minimum Gasteiger partial charge on any atom is -0.148 e. The molecule has 0 amide bonds. The van der Waals surface area contributed by atoms with Gasteiger partial charge in [-0.25, -0.2) is 0 Å². The van der Waals surface area contributed by atoms with Crippen LogP contribution >= 0.6 is 0 Å². The quantitative estimate of drug-likeness (QED) is 0.686. The second kappa shape index (κ2) is 4.74. The Morgan fingerprint density at radius 2 is 1.78 bits per heavy atom. The molecular weight excluding hydrogens is 284 g/mol. The van der Waals surface area contributed by atoms with Crippen LogP contribution in [0.2, 0.25) is 0 Å². The Bertz CT molecular complexity index is 1020. The van der Waals surface area contributed by atoms with Gasteiger partial charge in [-0.3, -0.25) is 0 Å². The average Bonchev–Trinajstić information content (AvgIpc) is 3.16. The molecule has 2 aromatic carbocycles. The summed E-state index contributed by atoms with van der Waals surface area (Å²) in [5.74, 6) is 0. The molecule has 5 rings (SSSR count). The van der Waals surface area contributed by atoms with Crippen LogP contribution in [0, 0.1) is 0 Å². The van der Waals surface area contributed by atoms with Gasteiger partial charge in [0.2, 0.25) is 0 Å². The second-order valence-electron chi connectivity index (χ2n) is 5.80. The highest BCUT2D eigenvalue weighted by Crippen LogP contribution is 2.38. The number of benzene rings is 2. The van der Waals surface area contributed by atoms with E-state index in [4.69, 9.17) is 5.10 Å². The number of rotatable bonds is 1. The standard InChI is InChI=1S/C19H14N4/c1-3-9-15-13(7-1)14-8-2-4-10-16(14)19(15)21-23-18-12-6-5-11-17(18)20-22-23/h1-3,5-9,11-12H,4,10H2/b21-19+. The van der Waals surface area contributed by atoms with E-state index in [0.717, 1.165) is 29.6 Å². The summed E-state index contributed by atoms with van der Waals surface area (Å²) in [6, 6.07) is 16.4. The highest BCUT2D eigenvalue weighted by Gasteiger charge is 2.27. The van der Waals surface area contributed by atoms with Crippen molar-refractivity contribution in [2.24, 2.45) is 5.10 Å². The summed E-state index contributed by atoms with van der Waals surface area (Å²) in [6.45, 7) is 0. The van der Waals surface area contributed by atoms with Crippen LogP contribution in [0.15, 0.2) is 71.4 Å². The lowest BCUT2D eigenvalue weighted by molar-refractivity contribution is 0.714. The van der Waals surface area contributed by atoms with Crippen molar-refractivity contribution in [3.05, 3.63) is 77.4 Å². The Morgan fingerprint density at radius 3 is 2.74 bits per heavy atom. The average molecular weight is 298 g/mol. The molecule has 0 saturated heterocycles. The first-order valence-corrected chi connectivity index (χ1v) is 7.81. The molecule has 0 aliphatic heterocycles. The number of nitrogens with zero attached hydrogens (tertiary/aromatic N) is 4. The number of para-hydroxylation sites is 1. The predicted octanol–water partition coefficient (Wildman–Crippen LogP) is 3.80. The van der Waals surface area contributed by atoms with Gasteiger partial charge in [-0.1, -0.05) is 48.6 Å². The number of hydrogen-bond donors (Lipinski definition) is 0. The molecule has 1 heterocycles. The first-order valence-electron chi connectivity index (χ1n) is 7.81. The van der Waals surface area contributed by atoms with Gasteiger partial charge in [-0.2, -0.15) is 0 Å². The van der Waals surface area contributed by atoms with Gasteiger partial charge >= 0.3 is 0 Å². The maximum Gasteiger partial charge on any atom is 0.115 e. The molecule has 3 aromatic rings. The highest BCUT2D eigenvalue weighted by atomic mass is 15.6. The molecule has 0 spiro atoms. The summed E-state index contributed by atoms with van der Waals surface area (Å²) in [7, 11) is 0. The van der Waals surface area contributed by atoms with E-state index < -0.39 is 0 Å². The van der Waals surface area contributed by atoms with Crippen molar-refractivity contribution in [3.63, 3.8) is 0 Å². The van der Waals surface area contributed by atoms with Gasteiger partial charge in [-0.05, 0) is 46.9 Å². The first-order chi connectivity index (χ1) is 11.4. The Kier molecular flexibility index (Phi) is 2.58. The van der Waals surface area contributed by atoms with Crippen LogP contribution < -0.4 is 0 Å². The summed E-state index contributed by atoms with van der Waals surface area (Å²) >= 11 is 0. The highest BCUT2D eigenvalue weighted by molar-refractivity contribution is 6.25. The lowest BCUT2D eigenvalue weighted by Gasteiger charge is -2.09. The fourth-order valence-corrected chi connectivity index (χ4v) is 3.39. The molecule has 2 aliphatic rings. The SMILES string of the molecule is C1=CC2=C(CC1)/C(=N/n1nnc3ccccc31)c1ccccc12. The molecule has 0 saturated carbocycles. The lowest BCUT2D eigenvalue weighted by Crippen LogP contribution is -2.06. The van der Waals surface area contributed by atoms with E-state index in [1.807, 2.05) is 24.3 Å². The molecule has 0 bridgehead atoms. The fourth-order valence-electron chi connectivity index (χ4n) is 3.39. The Balaban J connectivity index is 1.76. The molecule has 4 nitrogen and oxygen atoms in total. The zero-order valence-electron chi connectivity index (χ0n) is 12.5. The zero-order chi connectivity index (χ0) is 15.2. The lowest BCUT2D eigenvalue weighted by atomic mass is 9.97. The Morgan fingerprint density at radius 1 is 0.957 bits per heavy atom. The van der Waals surface area contributed by atoms with Gasteiger partial charge in [0.1, 0.15) is 11.0 Å². The third-order valence-electron chi connectivity index (χ3n) is 4.46. The molecule has 0 N–H and O–H groups in total. The number of hydrogen-bond acceptors (Lipinski definition) is 3. The van der Waals surface area contributed by atoms with Gasteiger partial charge in [0, 0.05) is 5.56 Å². The van der Waals surface area contributed by atoms with Crippen molar-refractivity contribution in [1.29, 1.82) is 0 Å². The van der Waals surface area contributed by atoms with Crippen LogP contribution in [-0.4, -0.2) is 20.8 Å². The maximum absolute atomic E-state index is 4.84. The fraction of sp³-hybridized carbons (Fsp3) is 0.105. The summed E-state index contributed by atoms with van der Waals surface area (Å²) in [6.07, 6.45) is 6.54. The Labute approximate surface area is 133 Å². The van der Waals surface area contributed by atoms with Crippen molar-refractivity contribution < 1.29 is 0 Å². The summed E-state index contributed by atoms with van der Waals surface area (Å²) in [5.41, 5.74) is 7.88.